The average Bonchev–Trinajstić information content (AvgIpc) is 2.54. The number of hydrazone groups is 1. The van der Waals surface area contributed by atoms with Crippen LogP contribution in [0.5, 0.6) is 0 Å². The highest BCUT2D eigenvalue weighted by Crippen LogP contribution is 2.62. The highest BCUT2D eigenvalue weighted by molar-refractivity contribution is 5.75. The predicted octanol–water partition coefficient (Wildman–Crippen LogP) is 0.979. The third-order valence-electron chi connectivity index (χ3n) is 4.59. The van der Waals surface area contributed by atoms with E-state index in [2.05, 4.69) is 31.3 Å². The highest BCUT2D eigenvalue weighted by atomic mass is 15.4. The maximum absolute atomic E-state index is 5.37. The molecule has 0 aromatic heterocycles. The lowest BCUT2D eigenvalue weighted by atomic mass is 9.69. The zero-order valence-electron chi connectivity index (χ0n) is 9.88. The number of hydrogen-bond donors (Lipinski definition) is 3. The van der Waals surface area contributed by atoms with Gasteiger partial charge < -0.3 is 16.9 Å². The molecule has 2 aliphatic rings. The van der Waals surface area contributed by atoms with Gasteiger partial charge >= 0.3 is 0 Å². The third kappa shape index (κ3) is 1.46. The molecule has 0 aliphatic heterocycles. The molecule has 2 bridgehead atoms. The van der Waals surface area contributed by atoms with Crippen molar-refractivity contribution in [2.45, 2.75) is 46.1 Å². The lowest BCUT2D eigenvalue weighted by Crippen LogP contribution is -2.49. The van der Waals surface area contributed by atoms with Crippen LogP contribution in [0.4, 0.5) is 0 Å². The summed E-state index contributed by atoms with van der Waals surface area (Å²) in [4.78, 5) is 0. The number of nitrogens with one attached hydrogen (secondary N) is 1. The van der Waals surface area contributed by atoms with Gasteiger partial charge in [0.1, 0.15) is 0 Å². The van der Waals surface area contributed by atoms with Crippen molar-refractivity contribution in [1.29, 1.82) is 0 Å². The second-order valence-corrected chi connectivity index (χ2v) is 6.01. The van der Waals surface area contributed by atoms with Gasteiger partial charge in [-0.25, -0.2) is 0 Å². The third-order valence-corrected chi connectivity index (χ3v) is 4.59. The Labute approximate surface area is 91.5 Å². The quantitative estimate of drug-likeness (QED) is 0.361. The molecule has 3 unspecified atom stereocenters. The number of nitrogens with zero attached hydrogens (tertiary/aromatic N) is 1. The van der Waals surface area contributed by atoms with Crippen LogP contribution in [0.25, 0.3) is 0 Å². The second kappa shape index (κ2) is 3.03. The summed E-state index contributed by atoms with van der Waals surface area (Å²) in [5.41, 5.74) is 14.6. The molecule has 0 radical (unpaired) electrons. The van der Waals surface area contributed by atoms with Crippen LogP contribution in [0.2, 0.25) is 0 Å². The van der Waals surface area contributed by atoms with E-state index < -0.39 is 0 Å². The Morgan fingerprint density at radius 3 is 2.47 bits per heavy atom. The summed E-state index contributed by atoms with van der Waals surface area (Å²) in [5.74, 6) is 0.936. The Hall–Kier alpha value is -0.930. The van der Waals surface area contributed by atoms with E-state index in [9.17, 15) is 0 Å². The molecule has 2 fully saturated rings. The summed E-state index contributed by atoms with van der Waals surface area (Å²) >= 11 is 0. The van der Waals surface area contributed by atoms with Crippen LogP contribution in [-0.2, 0) is 0 Å². The first kappa shape index (κ1) is 10.6. The molecule has 3 atom stereocenters. The lowest BCUT2D eigenvalue weighted by Gasteiger charge is -2.42. The topological polar surface area (TPSA) is 76.4 Å². The van der Waals surface area contributed by atoms with E-state index in [1.165, 1.54) is 19.3 Å². The number of hydrogen-bond acceptors (Lipinski definition) is 2. The second-order valence-electron chi connectivity index (χ2n) is 6.01. The van der Waals surface area contributed by atoms with Gasteiger partial charge in [-0.05, 0) is 36.0 Å². The summed E-state index contributed by atoms with van der Waals surface area (Å²) in [7, 11) is 0. The Balaban J connectivity index is 2.19. The molecular formula is C11H22N4. The van der Waals surface area contributed by atoms with Gasteiger partial charge in [-0.1, -0.05) is 20.8 Å². The van der Waals surface area contributed by atoms with E-state index in [4.69, 9.17) is 11.5 Å². The zero-order valence-corrected chi connectivity index (χ0v) is 9.88. The maximum atomic E-state index is 5.37. The minimum atomic E-state index is 0.122. The Bertz CT molecular complexity index is 288. The van der Waals surface area contributed by atoms with E-state index >= 15 is 0 Å². The van der Waals surface area contributed by atoms with Crippen molar-refractivity contribution in [3.05, 3.63) is 0 Å². The van der Waals surface area contributed by atoms with E-state index in [0.717, 1.165) is 5.92 Å². The fourth-order valence-corrected chi connectivity index (χ4v) is 3.76. The smallest absolute Gasteiger partial charge is 0.208 e. The molecule has 0 spiro atoms. The maximum Gasteiger partial charge on any atom is 0.208 e. The van der Waals surface area contributed by atoms with Crippen molar-refractivity contribution in [3.63, 3.8) is 0 Å². The Kier molecular flexibility index (Phi) is 2.14. The van der Waals surface area contributed by atoms with Crippen molar-refractivity contribution >= 4 is 5.96 Å². The van der Waals surface area contributed by atoms with Crippen LogP contribution in [0.3, 0.4) is 0 Å². The number of fused-ring (bicyclic) bond motifs is 2. The van der Waals surface area contributed by atoms with Crippen LogP contribution in [0.1, 0.15) is 40.0 Å². The van der Waals surface area contributed by atoms with E-state index in [1.54, 1.807) is 0 Å². The summed E-state index contributed by atoms with van der Waals surface area (Å²) in [6.45, 7) is 6.99. The fourth-order valence-electron chi connectivity index (χ4n) is 3.76. The van der Waals surface area contributed by atoms with E-state index in [1.807, 2.05) is 0 Å². The fraction of sp³-hybridized carbons (Fsp3) is 0.909. The van der Waals surface area contributed by atoms with Gasteiger partial charge in [0, 0.05) is 0 Å². The van der Waals surface area contributed by atoms with Crippen LogP contribution in [-0.4, -0.2) is 12.0 Å². The molecule has 2 saturated carbocycles. The van der Waals surface area contributed by atoms with Crippen molar-refractivity contribution in [3.8, 4) is 0 Å². The molecule has 0 amide bonds. The van der Waals surface area contributed by atoms with Gasteiger partial charge in [0.05, 0.1) is 6.04 Å². The normalized spacial score (nSPS) is 41.5. The summed E-state index contributed by atoms with van der Waals surface area (Å²) < 4.78 is 0. The lowest BCUT2D eigenvalue weighted by molar-refractivity contribution is 0.110. The first-order valence-corrected chi connectivity index (χ1v) is 5.70. The molecule has 0 saturated heterocycles. The van der Waals surface area contributed by atoms with Crippen LogP contribution < -0.4 is 16.9 Å². The first-order valence-electron chi connectivity index (χ1n) is 5.70. The minimum absolute atomic E-state index is 0.122. The van der Waals surface area contributed by atoms with Crippen LogP contribution >= 0.6 is 0 Å². The van der Waals surface area contributed by atoms with Gasteiger partial charge in [-0.3, -0.25) is 0 Å². The molecule has 0 heterocycles. The molecule has 5 N–H and O–H groups in total. The SMILES string of the molecule is CC12CCC(C1)C(C)(C)C2NN=C(N)N. The molecular weight excluding hydrogens is 188 g/mol. The number of guanidine groups is 1. The van der Waals surface area contributed by atoms with Gasteiger partial charge in [0.2, 0.25) is 5.96 Å². The van der Waals surface area contributed by atoms with E-state index in [0.29, 0.717) is 16.9 Å². The molecule has 0 aromatic rings. The van der Waals surface area contributed by atoms with Gasteiger partial charge in [0.25, 0.3) is 0 Å². The van der Waals surface area contributed by atoms with Crippen molar-refractivity contribution < 1.29 is 0 Å². The van der Waals surface area contributed by atoms with Gasteiger partial charge in [-0.15, -0.1) is 5.10 Å². The minimum Gasteiger partial charge on any atom is -0.369 e. The molecule has 2 rings (SSSR count). The molecule has 4 nitrogen and oxygen atoms in total. The molecule has 2 aliphatic carbocycles. The van der Waals surface area contributed by atoms with Gasteiger partial charge in [0.15, 0.2) is 0 Å². The van der Waals surface area contributed by atoms with Crippen LogP contribution in [0, 0.1) is 16.7 Å². The molecule has 4 heteroatoms. The summed E-state index contributed by atoms with van der Waals surface area (Å²) in [5, 5.41) is 3.99. The first-order chi connectivity index (χ1) is 6.86. The Morgan fingerprint density at radius 1 is 1.33 bits per heavy atom. The molecule has 15 heavy (non-hydrogen) atoms. The highest BCUT2D eigenvalue weighted by Gasteiger charge is 2.59. The van der Waals surface area contributed by atoms with E-state index in [-0.39, 0.29) is 5.96 Å². The van der Waals surface area contributed by atoms with Crippen LogP contribution in [0.15, 0.2) is 5.10 Å². The number of nitrogens with two attached hydrogens (primary N) is 2. The summed E-state index contributed by atoms with van der Waals surface area (Å²) in [6, 6.07) is 0.394. The van der Waals surface area contributed by atoms with Gasteiger partial charge in [-0.2, -0.15) is 0 Å². The summed E-state index contributed by atoms with van der Waals surface area (Å²) in [6.07, 6.45) is 3.94. The standard InChI is InChI=1S/C11H22N4/c1-10(2)7-4-5-11(3,6-7)8(10)14-15-9(12)13/h7-8,14H,4-6H2,1-3H3,(H4,12,13,15). The van der Waals surface area contributed by atoms with Crippen molar-refractivity contribution in [2.24, 2.45) is 33.3 Å². The largest absolute Gasteiger partial charge is 0.369 e. The predicted molar refractivity (Wildman–Crippen MR) is 62.0 cm³/mol. The molecule has 0 aromatic carbocycles. The Morgan fingerprint density at radius 2 is 2.00 bits per heavy atom. The van der Waals surface area contributed by atoms with Crippen molar-refractivity contribution in [1.82, 2.24) is 5.43 Å². The number of rotatable bonds is 2. The zero-order chi connectivity index (χ0) is 11.3. The average molecular weight is 210 g/mol. The monoisotopic (exact) mass is 210 g/mol. The molecule has 86 valence electrons. The van der Waals surface area contributed by atoms with Crippen molar-refractivity contribution in [2.75, 3.05) is 0 Å².